The van der Waals surface area contributed by atoms with Gasteiger partial charge in [-0.1, -0.05) is 26.2 Å². The van der Waals surface area contributed by atoms with E-state index in [0.717, 1.165) is 19.3 Å². The molecule has 0 fully saturated rings. The molecule has 1 heterocycles. The van der Waals surface area contributed by atoms with E-state index in [9.17, 15) is 9.59 Å². The van der Waals surface area contributed by atoms with Crippen molar-refractivity contribution < 1.29 is 9.59 Å². The number of carbonyl (C=O) groups excluding carboxylic acids is 2. The second kappa shape index (κ2) is 7.63. The van der Waals surface area contributed by atoms with E-state index < -0.39 is 0 Å². The van der Waals surface area contributed by atoms with Crippen LogP contribution in [-0.2, 0) is 9.59 Å². The van der Waals surface area contributed by atoms with Crippen LogP contribution in [0.1, 0.15) is 39.0 Å². The number of unbranched alkanes of at least 4 members (excludes halogenated alkanes) is 3. The Kier molecular flexibility index (Phi) is 6.11. The van der Waals surface area contributed by atoms with Gasteiger partial charge in [-0.25, -0.2) is 0 Å². The van der Waals surface area contributed by atoms with Gasteiger partial charge in [0.25, 0.3) is 5.91 Å². The predicted molar refractivity (Wildman–Crippen MR) is 70.3 cm³/mol. The molecule has 0 unspecified atom stereocenters. The maximum atomic E-state index is 11.5. The molecule has 0 saturated carbocycles. The van der Waals surface area contributed by atoms with Gasteiger partial charge >= 0.3 is 0 Å². The Bertz CT molecular complexity index is 332. The molecular weight excluding hydrogens is 230 g/mol. The molecule has 1 aliphatic heterocycles. The topological polar surface area (TPSA) is 73.3 Å². The minimum Gasteiger partial charge on any atom is -0.354 e. The number of nitrogens with one attached hydrogen (secondary N) is 2. The van der Waals surface area contributed by atoms with E-state index in [0.29, 0.717) is 19.5 Å². The first kappa shape index (κ1) is 14.4. The molecular formula is C13H21N3O2. The Morgan fingerprint density at radius 2 is 2.11 bits per heavy atom. The fraction of sp³-hybridized carbons (Fsp3) is 0.615. The molecule has 5 heteroatoms. The van der Waals surface area contributed by atoms with Crippen molar-refractivity contribution in [2.45, 2.75) is 39.0 Å². The van der Waals surface area contributed by atoms with Crippen LogP contribution in [0.2, 0.25) is 0 Å². The maximum Gasteiger partial charge on any atom is 0.252 e. The standard InChI is InChI=1S/C13H21N3O2/c1-2-3-4-5-6-12(17)15-9-10-16-11(14)7-8-13(16)18/h7-8,14H,2-6,9-10H2,1H3,(H,15,17). The molecule has 0 aromatic carbocycles. The summed E-state index contributed by atoms with van der Waals surface area (Å²) in [6.07, 6.45) is 7.71. The van der Waals surface area contributed by atoms with Crippen molar-refractivity contribution in [3.8, 4) is 0 Å². The van der Waals surface area contributed by atoms with Gasteiger partial charge < -0.3 is 5.32 Å². The van der Waals surface area contributed by atoms with Gasteiger partial charge in [-0.15, -0.1) is 0 Å². The summed E-state index contributed by atoms with van der Waals surface area (Å²) in [7, 11) is 0. The van der Waals surface area contributed by atoms with Crippen molar-refractivity contribution >= 4 is 17.6 Å². The smallest absolute Gasteiger partial charge is 0.252 e. The summed E-state index contributed by atoms with van der Waals surface area (Å²) in [4.78, 5) is 24.1. The fourth-order valence-electron chi connectivity index (χ4n) is 1.79. The second-order valence-corrected chi connectivity index (χ2v) is 4.37. The number of carbonyl (C=O) groups is 2. The third-order valence-corrected chi connectivity index (χ3v) is 2.86. The summed E-state index contributed by atoms with van der Waals surface area (Å²) < 4.78 is 0. The van der Waals surface area contributed by atoms with Gasteiger partial charge in [-0.05, 0) is 12.5 Å². The van der Waals surface area contributed by atoms with Crippen molar-refractivity contribution in [1.82, 2.24) is 10.2 Å². The van der Waals surface area contributed by atoms with Crippen LogP contribution in [0.15, 0.2) is 12.2 Å². The second-order valence-electron chi connectivity index (χ2n) is 4.37. The van der Waals surface area contributed by atoms with E-state index >= 15 is 0 Å². The highest BCUT2D eigenvalue weighted by Crippen LogP contribution is 2.03. The quantitative estimate of drug-likeness (QED) is 0.641. The molecule has 18 heavy (non-hydrogen) atoms. The van der Waals surface area contributed by atoms with E-state index in [1.807, 2.05) is 0 Å². The lowest BCUT2D eigenvalue weighted by molar-refractivity contribution is -0.123. The third-order valence-electron chi connectivity index (χ3n) is 2.86. The maximum absolute atomic E-state index is 11.5. The van der Waals surface area contributed by atoms with Crippen molar-refractivity contribution in [2.24, 2.45) is 0 Å². The van der Waals surface area contributed by atoms with E-state index in [-0.39, 0.29) is 17.6 Å². The highest BCUT2D eigenvalue weighted by molar-refractivity contribution is 6.14. The van der Waals surface area contributed by atoms with Crippen LogP contribution in [0.3, 0.4) is 0 Å². The van der Waals surface area contributed by atoms with Gasteiger partial charge in [-0.2, -0.15) is 0 Å². The average molecular weight is 251 g/mol. The monoisotopic (exact) mass is 251 g/mol. The number of hydrogen-bond acceptors (Lipinski definition) is 3. The molecule has 0 aromatic rings. The van der Waals surface area contributed by atoms with Crippen LogP contribution in [0.25, 0.3) is 0 Å². The first-order chi connectivity index (χ1) is 8.65. The Balaban J connectivity index is 2.09. The van der Waals surface area contributed by atoms with Crippen molar-refractivity contribution in [1.29, 1.82) is 5.41 Å². The Labute approximate surface area is 108 Å². The van der Waals surface area contributed by atoms with Crippen molar-refractivity contribution in [2.75, 3.05) is 13.1 Å². The SMILES string of the molecule is CCCCCCC(=O)NCCN1C(=N)C=CC1=O. The molecule has 2 amide bonds. The molecule has 100 valence electrons. The van der Waals surface area contributed by atoms with E-state index in [4.69, 9.17) is 5.41 Å². The lowest BCUT2D eigenvalue weighted by Gasteiger charge is -2.15. The summed E-state index contributed by atoms with van der Waals surface area (Å²) in [5.74, 6) is 0.0339. The first-order valence-corrected chi connectivity index (χ1v) is 6.50. The van der Waals surface area contributed by atoms with Crippen molar-refractivity contribution in [3.05, 3.63) is 12.2 Å². The lowest BCUT2D eigenvalue weighted by Crippen LogP contribution is -2.37. The third kappa shape index (κ3) is 4.69. The molecule has 5 nitrogen and oxygen atoms in total. The van der Waals surface area contributed by atoms with E-state index in [1.165, 1.54) is 23.5 Å². The zero-order valence-electron chi connectivity index (χ0n) is 10.9. The molecule has 0 bridgehead atoms. The molecule has 1 rings (SSSR count). The first-order valence-electron chi connectivity index (χ1n) is 6.50. The minimum absolute atomic E-state index is 0.0252. The average Bonchev–Trinajstić information content (AvgIpc) is 2.66. The summed E-state index contributed by atoms with van der Waals surface area (Å²) in [5, 5.41) is 10.3. The number of rotatable bonds is 8. The van der Waals surface area contributed by atoms with E-state index in [1.54, 1.807) is 0 Å². The number of amides is 2. The van der Waals surface area contributed by atoms with Gasteiger partial charge in [-0.3, -0.25) is 19.9 Å². The number of amidine groups is 1. The highest BCUT2D eigenvalue weighted by Gasteiger charge is 2.19. The normalized spacial score (nSPS) is 14.4. The number of hydrogen-bond donors (Lipinski definition) is 2. The van der Waals surface area contributed by atoms with Crippen LogP contribution in [-0.4, -0.2) is 35.6 Å². The molecule has 0 atom stereocenters. The Hall–Kier alpha value is -1.65. The van der Waals surface area contributed by atoms with E-state index in [2.05, 4.69) is 12.2 Å². The zero-order chi connectivity index (χ0) is 13.4. The van der Waals surface area contributed by atoms with Gasteiger partial charge in [0.15, 0.2) is 0 Å². The Morgan fingerprint density at radius 1 is 1.33 bits per heavy atom. The van der Waals surface area contributed by atoms with Gasteiger partial charge in [0.05, 0.1) is 0 Å². The number of nitrogens with zero attached hydrogens (tertiary/aromatic N) is 1. The fourth-order valence-corrected chi connectivity index (χ4v) is 1.79. The summed E-state index contributed by atoms with van der Waals surface area (Å²) >= 11 is 0. The molecule has 0 saturated heterocycles. The molecule has 2 N–H and O–H groups in total. The Morgan fingerprint density at radius 3 is 2.72 bits per heavy atom. The zero-order valence-corrected chi connectivity index (χ0v) is 10.9. The van der Waals surface area contributed by atoms with Gasteiger partial charge in [0.1, 0.15) is 5.84 Å². The van der Waals surface area contributed by atoms with Crippen LogP contribution in [0.4, 0.5) is 0 Å². The van der Waals surface area contributed by atoms with Crippen LogP contribution >= 0.6 is 0 Å². The highest BCUT2D eigenvalue weighted by atomic mass is 16.2. The van der Waals surface area contributed by atoms with Crippen LogP contribution in [0.5, 0.6) is 0 Å². The molecule has 0 spiro atoms. The largest absolute Gasteiger partial charge is 0.354 e. The van der Waals surface area contributed by atoms with Gasteiger partial charge in [0, 0.05) is 25.6 Å². The minimum atomic E-state index is -0.183. The lowest BCUT2D eigenvalue weighted by atomic mass is 10.1. The van der Waals surface area contributed by atoms with Gasteiger partial charge in [0.2, 0.25) is 5.91 Å². The van der Waals surface area contributed by atoms with Crippen molar-refractivity contribution in [3.63, 3.8) is 0 Å². The molecule has 1 aliphatic rings. The summed E-state index contributed by atoms with van der Waals surface area (Å²) in [6.45, 7) is 2.91. The van der Waals surface area contributed by atoms with Crippen LogP contribution < -0.4 is 5.32 Å². The summed E-state index contributed by atoms with van der Waals surface area (Å²) in [5.41, 5.74) is 0. The molecule has 0 aliphatic carbocycles. The molecule has 0 radical (unpaired) electrons. The summed E-state index contributed by atoms with van der Waals surface area (Å²) in [6, 6.07) is 0. The predicted octanol–water partition coefficient (Wildman–Crippen LogP) is 1.45. The van der Waals surface area contributed by atoms with Crippen LogP contribution in [0, 0.1) is 5.41 Å². The molecule has 0 aromatic heterocycles.